The molecule has 11 heteroatoms. The minimum absolute atomic E-state index is 0.0937. The van der Waals surface area contributed by atoms with E-state index in [9.17, 15) is 4.79 Å². The van der Waals surface area contributed by atoms with Crippen LogP contribution in [0.15, 0.2) is 40.9 Å². The van der Waals surface area contributed by atoms with Gasteiger partial charge in [0.15, 0.2) is 23.0 Å². The lowest BCUT2D eigenvalue weighted by Gasteiger charge is -2.09. The van der Waals surface area contributed by atoms with Gasteiger partial charge in [0.25, 0.3) is 5.89 Å². The third kappa shape index (κ3) is 3.60. The first-order valence-electron chi connectivity index (χ1n) is 9.78. The number of rotatable bonds is 5. The van der Waals surface area contributed by atoms with Crippen LogP contribution in [-0.4, -0.2) is 37.8 Å². The van der Waals surface area contributed by atoms with Crippen LogP contribution < -0.4 is 20.5 Å². The molecule has 3 N–H and O–H groups in total. The van der Waals surface area contributed by atoms with E-state index in [0.29, 0.717) is 22.9 Å². The number of benzene rings is 2. The standard InChI is InChI=1S/C21H19N7O4/c1-11-3-5-14(12(2)7-11)23-17(29)9-28-19(22)18(25-27-28)21-24-20(26-32-21)13-4-6-15-16(8-13)31-10-30-15/h3-8H,9-10,22H2,1-2H3,(H,23,29). The predicted molar refractivity (Wildman–Crippen MR) is 114 cm³/mol. The second-order valence-corrected chi connectivity index (χ2v) is 7.34. The predicted octanol–water partition coefficient (Wildman–Crippen LogP) is 2.56. The summed E-state index contributed by atoms with van der Waals surface area (Å²) < 4.78 is 17.3. The summed E-state index contributed by atoms with van der Waals surface area (Å²) in [4.78, 5) is 16.8. The van der Waals surface area contributed by atoms with Crippen molar-refractivity contribution in [1.82, 2.24) is 25.1 Å². The minimum Gasteiger partial charge on any atom is -0.454 e. The lowest BCUT2D eigenvalue weighted by Crippen LogP contribution is -2.21. The summed E-state index contributed by atoms with van der Waals surface area (Å²) >= 11 is 0. The van der Waals surface area contributed by atoms with Crippen molar-refractivity contribution < 1.29 is 18.8 Å². The number of carbonyl (C=O) groups is 1. The molecule has 1 aliphatic heterocycles. The molecule has 11 nitrogen and oxygen atoms in total. The Morgan fingerprint density at radius 1 is 1.16 bits per heavy atom. The Kier molecular flexibility index (Phi) is 4.70. The Morgan fingerprint density at radius 2 is 2.00 bits per heavy atom. The molecule has 0 atom stereocenters. The molecule has 1 aliphatic rings. The number of nitrogen functional groups attached to an aromatic ring is 1. The first-order valence-corrected chi connectivity index (χ1v) is 9.78. The number of hydrogen-bond acceptors (Lipinski definition) is 9. The van der Waals surface area contributed by atoms with E-state index in [1.807, 2.05) is 32.0 Å². The largest absolute Gasteiger partial charge is 0.454 e. The van der Waals surface area contributed by atoms with Gasteiger partial charge in [-0.25, -0.2) is 4.68 Å². The van der Waals surface area contributed by atoms with E-state index in [1.54, 1.807) is 18.2 Å². The average molecular weight is 433 g/mol. The van der Waals surface area contributed by atoms with Crippen molar-refractivity contribution in [1.29, 1.82) is 0 Å². The first-order chi connectivity index (χ1) is 15.5. The van der Waals surface area contributed by atoms with E-state index in [2.05, 4.69) is 25.8 Å². The van der Waals surface area contributed by atoms with Crippen LogP contribution in [0.5, 0.6) is 11.5 Å². The van der Waals surface area contributed by atoms with Crippen LogP contribution in [-0.2, 0) is 11.3 Å². The lowest BCUT2D eigenvalue weighted by atomic mass is 10.1. The van der Waals surface area contributed by atoms with Crippen molar-refractivity contribution in [3.8, 4) is 34.5 Å². The number of nitrogens with one attached hydrogen (secondary N) is 1. The molecule has 0 radical (unpaired) electrons. The number of nitrogens with two attached hydrogens (primary N) is 1. The van der Waals surface area contributed by atoms with Gasteiger partial charge in [-0.05, 0) is 43.7 Å². The molecule has 3 heterocycles. The summed E-state index contributed by atoms with van der Waals surface area (Å²) in [7, 11) is 0. The fourth-order valence-corrected chi connectivity index (χ4v) is 3.34. The topological polar surface area (TPSA) is 143 Å². The quantitative estimate of drug-likeness (QED) is 0.485. The fraction of sp³-hybridized carbons (Fsp3) is 0.190. The summed E-state index contributed by atoms with van der Waals surface area (Å²) in [6.45, 7) is 3.98. The number of ether oxygens (including phenoxy) is 2. The molecule has 2 aromatic carbocycles. The molecule has 0 aliphatic carbocycles. The second-order valence-electron chi connectivity index (χ2n) is 7.34. The molecule has 0 saturated heterocycles. The van der Waals surface area contributed by atoms with E-state index in [0.717, 1.165) is 16.8 Å². The number of nitrogens with zero attached hydrogens (tertiary/aromatic N) is 5. The van der Waals surface area contributed by atoms with Gasteiger partial charge in [0, 0.05) is 11.3 Å². The van der Waals surface area contributed by atoms with Crippen LogP contribution in [0.2, 0.25) is 0 Å². The molecule has 4 aromatic rings. The van der Waals surface area contributed by atoms with Crippen molar-refractivity contribution in [2.24, 2.45) is 0 Å². The van der Waals surface area contributed by atoms with E-state index < -0.39 is 0 Å². The summed E-state index contributed by atoms with van der Waals surface area (Å²) in [6.07, 6.45) is 0. The number of aryl methyl sites for hydroxylation is 2. The molecule has 5 rings (SSSR count). The van der Waals surface area contributed by atoms with Gasteiger partial charge < -0.3 is 25.0 Å². The summed E-state index contributed by atoms with van der Waals surface area (Å²) in [5, 5.41) is 14.8. The van der Waals surface area contributed by atoms with Gasteiger partial charge in [-0.2, -0.15) is 4.98 Å². The van der Waals surface area contributed by atoms with Gasteiger partial charge in [-0.1, -0.05) is 28.1 Å². The van der Waals surface area contributed by atoms with Gasteiger partial charge in [0.05, 0.1) is 0 Å². The van der Waals surface area contributed by atoms with Crippen LogP contribution in [0.4, 0.5) is 11.5 Å². The summed E-state index contributed by atoms with van der Waals surface area (Å²) in [6, 6.07) is 11.1. The Bertz CT molecular complexity index is 1330. The maximum atomic E-state index is 12.5. The molecule has 1 amide bonds. The highest BCUT2D eigenvalue weighted by atomic mass is 16.7. The SMILES string of the molecule is Cc1ccc(NC(=O)Cn2nnc(-c3nc(-c4ccc5c(c4)OCO5)no3)c2N)c(C)c1. The van der Waals surface area contributed by atoms with Crippen LogP contribution in [0.1, 0.15) is 11.1 Å². The van der Waals surface area contributed by atoms with Gasteiger partial charge in [-0.3, -0.25) is 4.79 Å². The summed E-state index contributed by atoms with van der Waals surface area (Å²) in [5.41, 5.74) is 9.83. The molecule has 0 unspecified atom stereocenters. The van der Waals surface area contributed by atoms with Gasteiger partial charge in [0.1, 0.15) is 6.54 Å². The summed E-state index contributed by atoms with van der Waals surface area (Å²) in [5.74, 6) is 1.54. The van der Waals surface area contributed by atoms with E-state index in [-0.39, 0.29) is 36.6 Å². The van der Waals surface area contributed by atoms with Crippen molar-refractivity contribution in [3.63, 3.8) is 0 Å². The Balaban J connectivity index is 1.32. The Labute approximate surface area is 182 Å². The number of amides is 1. The normalized spacial score (nSPS) is 12.2. The van der Waals surface area contributed by atoms with E-state index in [4.69, 9.17) is 19.7 Å². The molecular formula is C21H19N7O4. The number of aromatic nitrogens is 5. The maximum Gasteiger partial charge on any atom is 0.282 e. The Morgan fingerprint density at radius 3 is 2.84 bits per heavy atom. The molecular weight excluding hydrogens is 414 g/mol. The Hall–Kier alpha value is -4.41. The highest BCUT2D eigenvalue weighted by molar-refractivity contribution is 5.91. The second kappa shape index (κ2) is 7.69. The smallest absolute Gasteiger partial charge is 0.282 e. The van der Waals surface area contributed by atoms with Gasteiger partial charge in [-0.15, -0.1) is 5.10 Å². The highest BCUT2D eigenvalue weighted by Crippen LogP contribution is 2.35. The fourth-order valence-electron chi connectivity index (χ4n) is 3.34. The van der Waals surface area contributed by atoms with E-state index >= 15 is 0 Å². The number of anilines is 2. The van der Waals surface area contributed by atoms with Crippen LogP contribution in [0.25, 0.3) is 23.0 Å². The molecule has 2 aromatic heterocycles. The molecule has 0 fully saturated rings. The minimum atomic E-state index is -0.285. The molecule has 0 spiro atoms. The van der Waals surface area contributed by atoms with Gasteiger partial charge >= 0.3 is 0 Å². The molecule has 32 heavy (non-hydrogen) atoms. The number of hydrogen-bond donors (Lipinski definition) is 2. The first kappa shape index (κ1) is 19.5. The molecule has 0 saturated carbocycles. The highest BCUT2D eigenvalue weighted by Gasteiger charge is 2.22. The zero-order valence-electron chi connectivity index (χ0n) is 17.3. The monoisotopic (exact) mass is 433 g/mol. The third-order valence-corrected chi connectivity index (χ3v) is 4.98. The lowest BCUT2D eigenvalue weighted by molar-refractivity contribution is -0.116. The molecule has 0 bridgehead atoms. The van der Waals surface area contributed by atoms with Crippen molar-refractivity contribution >= 4 is 17.4 Å². The van der Waals surface area contributed by atoms with Crippen molar-refractivity contribution in [3.05, 3.63) is 47.5 Å². The zero-order valence-corrected chi connectivity index (χ0v) is 17.3. The van der Waals surface area contributed by atoms with Crippen molar-refractivity contribution in [2.75, 3.05) is 17.8 Å². The molecule has 162 valence electrons. The number of carbonyl (C=O) groups excluding carboxylic acids is 1. The van der Waals surface area contributed by atoms with Crippen molar-refractivity contribution in [2.45, 2.75) is 20.4 Å². The van der Waals surface area contributed by atoms with Crippen LogP contribution in [0, 0.1) is 13.8 Å². The maximum absolute atomic E-state index is 12.5. The number of fused-ring (bicyclic) bond motifs is 1. The van der Waals surface area contributed by atoms with Crippen LogP contribution in [0.3, 0.4) is 0 Å². The zero-order chi connectivity index (χ0) is 22.2. The van der Waals surface area contributed by atoms with E-state index in [1.165, 1.54) is 4.68 Å². The van der Waals surface area contributed by atoms with Gasteiger partial charge in [0.2, 0.25) is 18.5 Å². The third-order valence-electron chi connectivity index (χ3n) is 4.98. The van der Waals surface area contributed by atoms with Crippen LogP contribution >= 0.6 is 0 Å². The average Bonchev–Trinajstić information content (AvgIpc) is 3.50.